The summed E-state index contributed by atoms with van der Waals surface area (Å²) in [5.74, 6) is 5.26. The number of hydrogen-bond donors (Lipinski definition) is 2. The summed E-state index contributed by atoms with van der Waals surface area (Å²) in [7, 11) is -3.68. The summed E-state index contributed by atoms with van der Waals surface area (Å²) < 4.78 is 26.8. The van der Waals surface area contributed by atoms with Gasteiger partial charge in [0.05, 0.1) is 4.90 Å². The van der Waals surface area contributed by atoms with Crippen LogP contribution in [-0.2, 0) is 10.0 Å². The van der Waals surface area contributed by atoms with E-state index in [1.807, 2.05) is 6.92 Å². The van der Waals surface area contributed by atoms with Crippen LogP contribution in [0.5, 0.6) is 0 Å². The van der Waals surface area contributed by atoms with Gasteiger partial charge in [-0.1, -0.05) is 29.7 Å². The number of nitrogens with one attached hydrogen (secondary N) is 1. The van der Waals surface area contributed by atoms with Gasteiger partial charge in [0.25, 0.3) is 10.0 Å². The largest absolute Gasteiger partial charge is 0.384 e. The van der Waals surface area contributed by atoms with Crippen molar-refractivity contribution in [2.45, 2.75) is 11.8 Å². The van der Waals surface area contributed by atoms with Gasteiger partial charge in [-0.25, -0.2) is 13.4 Å². The summed E-state index contributed by atoms with van der Waals surface area (Å²) in [6.45, 7) is 1.61. The number of aliphatic hydroxyl groups is 1. The molecule has 0 bridgehead atoms. The van der Waals surface area contributed by atoms with E-state index in [9.17, 15) is 8.42 Å². The molecule has 6 heteroatoms. The van der Waals surface area contributed by atoms with Gasteiger partial charge in [0, 0.05) is 0 Å². The molecule has 0 saturated heterocycles. The molecular weight excluding hydrogens is 288 g/mol. The van der Waals surface area contributed by atoms with E-state index in [0.717, 1.165) is 5.56 Å². The molecule has 0 unspecified atom stereocenters. The van der Waals surface area contributed by atoms with Gasteiger partial charge in [0.15, 0.2) is 0 Å². The van der Waals surface area contributed by atoms with Crippen molar-refractivity contribution in [1.82, 2.24) is 4.98 Å². The van der Waals surface area contributed by atoms with Gasteiger partial charge in [-0.05, 0) is 37.1 Å². The fourth-order valence-electron chi connectivity index (χ4n) is 1.61. The SMILES string of the molecule is Cc1ccc(S(=O)(=O)Nc2cccc(C#CCO)n2)cc1. The molecule has 0 spiro atoms. The highest BCUT2D eigenvalue weighted by Crippen LogP contribution is 2.15. The third-order valence-corrected chi connectivity index (χ3v) is 3.99. The zero-order valence-corrected chi connectivity index (χ0v) is 12.2. The maximum Gasteiger partial charge on any atom is 0.263 e. The molecule has 1 aromatic heterocycles. The number of aromatic nitrogens is 1. The lowest BCUT2D eigenvalue weighted by atomic mass is 10.2. The van der Waals surface area contributed by atoms with Crippen LogP contribution in [0, 0.1) is 18.8 Å². The Kier molecular flexibility index (Phi) is 4.58. The molecule has 2 rings (SSSR count). The molecule has 0 aliphatic rings. The van der Waals surface area contributed by atoms with Gasteiger partial charge >= 0.3 is 0 Å². The lowest BCUT2D eigenvalue weighted by molar-refractivity contribution is 0.350. The van der Waals surface area contributed by atoms with Crippen molar-refractivity contribution in [2.24, 2.45) is 0 Å². The number of rotatable bonds is 3. The number of aliphatic hydroxyl groups excluding tert-OH is 1. The van der Waals surface area contributed by atoms with E-state index in [1.54, 1.807) is 24.3 Å². The zero-order chi connectivity index (χ0) is 15.3. The standard InChI is InChI=1S/C15H14N2O3S/c1-12-7-9-14(10-8-12)21(19,20)17-15-6-2-4-13(16-15)5-3-11-18/h2,4,6-10,18H,11H2,1H3,(H,16,17). The van der Waals surface area contributed by atoms with Crippen LogP contribution >= 0.6 is 0 Å². The lowest BCUT2D eigenvalue weighted by Gasteiger charge is -2.07. The number of pyridine rings is 1. The van der Waals surface area contributed by atoms with Crippen molar-refractivity contribution in [1.29, 1.82) is 0 Å². The molecule has 0 saturated carbocycles. The van der Waals surface area contributed by atoms with Crippen LogP contribution in [0.3, 0.4) is 0 Å². The first-order valence-electron chi connectivity index (χ1n) is 6.17. The van der Waals surface area contributed by atoms with Crippen LogP contribution in [0.4, 0.5) is 5.82 Å². The van der Waals surface area contributed by atoms with Crippen LogP contribution in [-0.4, -0.2) is 25.1 Å². The van der Waals surface area contributed by atoms with Gasteiger partial charge < -0.3 is 5.11 Å². The maximum absolute atomic E-state index is 12.2. The minimum atomic E-state index is -3.68. The van der Waals surface area contributed by atoms with E-state index in [2.05, 4.69) is 21.5 Å². The third-order valence-electron chi connectivity index (χ3n) is 2.61. The average molecular weight is 302 g/mol. The van der Waals surface area contributed by atoms with E-state index in [4.69, 9.17) is 5.11 Å². The second-order valence-electron chi connectivity index (χ2n) is 4.29. The van der Waals surface area contributed by atoms with Crippen LogP contribution in [0.2, 0.25) is 0 Å². The summed E-state index contributed by atoms with van der Waals surface area (Å²) in [5.41, 5.74) is 1.36. The molecule has 0 aliphatic heterocycles. The molecule has 0 aliphatic carbocycles. The van der Waals surface area contributed by atoms with E-state index in [1.165, 1.54) is 18.2 Å². The lowest BCUT2D eigenvalue weighted by Crippen LogP contribution is -2.14. The number of hydrogen-bond acceptors (Lipinski definition) is 4. The van der Waals surface area contributed by atoms with E-state index >= 15 is 0 Å². The fourth-order valence-corrected chi connectivity index (χ4v) is 2.61. The Morgan fingerprint density at radius 3 is 2.57 bits per heavy atom. The summed E-state index contributed by atoms with van der Waals surface area (Å²) in [6, 6.07) is 11.3. The van der Waals surface area contributed by atoms with E-state index in [-0.39, 0.29) is 17.3 Å². The Balaban J connectivity index is 2.26. The Hall–Kier alpha value is -2.36. The average Bonchev–Trinajstić information content (AvgIpc) is 2.45. The maximum atomic E-state index is 12.2. The highest BCUT2D eigenvalue weighted by molar-refractivity contribution is 7.92. The molecule has 5 nitrogen and oxygen atoms in total. The summed E-state index contributed by atoms with van der Waals surface area (Å²) in [5, 5.41) is 8.64. The molecule has 2 N–H and O–H groups in total. The molecule has 0 radical (unpaired) electrons. The molecule has 0 atom stereocenters. The molecule has 108 valence electrons. The number of sulfonamides is 1. The Labute approximate surface area is 123 Å². The van der Waals surface area contributed by atoms with Gasteiger partial charge in [-0.2, -0.15) is 0 Å². The predicted octanol–water partition coefficient (Wildman–Crippen LogP) is 1.53. The van der Waals surface area contributed by atoms with Crippen molar-refractivity contribution in [3.05, 3.63) is 53.7 Å². The van der Waals surface area contributed by atoms with Crippen LogP contribution in [0.1, 0.15) is 11.3 Å². The van der Waals surface area contributed by atoms with Crippen LogP contribution in [0.15, 0.2) is 47.4 Å². The predicted molar refractivity (Wildman–Crippen MR) is 80.2 cm³/mol. The van der Waals surface area contributed by atoms with Gasteiger partial charge in [-0.3, -0.25) is 4.72 Å². The highest BCUT2D eigenvalue weighted by Gasteiger charge is 2.14. The molecule has 1 aromatic carbocycles. The highest BCUT2D eigenvalue weighted by atomic mass is 32.2. The summed E-state index contributed by atoms with van der Waals surface area (Å²) in [6.07, 6.45) is 0. The molecule has 2 aromatic rings. The zero-order valence-electron chi connectivity index (χ0n) is 11.4. The number of aryl methyl sites for hydroxylation is 1. The molecule has 1 heterocycles. The first-order valence-corrected chi connectivity index (χ1v) is 7.66. The van der Waals surface area contributed by atoms with Crippen molar-refractivity contribution < 1.29 is 13.5 Å². The first-order chi connectivity index (χ1) is 10.0. The van der Waals surface area contributed by atoms with Gasteiger partial charge in [0.1, 0.15) is 18.1 Å². The molecule has 0 amide bonds. The van der Waals surface area contributed by atoms with Crippen LogP contribution in [0.25, 0.3) is 0 Å². The number of nitrogens with zero attached hydrogens (tertiary/aromatic N) is 1. The second kappa shape index (κ2) is 6.39. The number of anilines is 1. The van der Waals surface area contributed by atoms with Crippen LogP contribution < -0.4 is 4.72 Å². The van der Waals surface area contributed by atoms with E-state index < -0.39 is 10.0 Å². The molecule has 21 heavy (non-hydrogen) atoms. The van der Waals surface area contributed by atoms with Gasteiger partial charge in [0.2, 0.25) is 0 Å². The molecule has 0 fully saturated rings. The van der Waals surface area contributed by atoms with Gasteiger partial charge in [-0.15, -0.1) is 0 Å². The summed E-state index contributed by atoms with van der Waals surface area (Å²) >= 11 is 0. The minimum Gasteiger partial charge on any atom is -0.384 e. The van der Waals surface area contributed by atoms with Crippen molar-refractivity contribution in [3.8, 4) is 11.8 Å². The monoisotopic (exact) mass is 302 g/mol. The fraction of sp³-hybridized carbons (Fsp3) is 0.133. The topological polar surface area (TPSA) is 79.3 Å². The first kappa shape index (κ1) is 15.0. The van der Waals surface area contributed by atoms with Crippen molar-refractivity contribution >= 4 is 15.8 Å². The van der Waals surface area contributed by atoms with Crippen molar-refractivity contribution in [2.75, 3.05) is 11.3 Å². The summed E-state index contributed by atoms with van der Waals surface area (Å²) in [4.78, 5) is 4.23. The Morgan fingerprint density at radius 1 is 1.19 bits per heavy atom. The quantitative estimate of drug-likeness (QED) is 0.843. The number of benzene rings is 1. The van der Waals surface area contributed by atoms with Crippen molar-refractivity contribution in [3.63, 3.8) is 0 Å². The minimum absolute atomic E-state index is 0.168. The molecular formula is C15H14N2O3S. The van der Waals surface area contributed by atoms with E-state index in [0.29, 0.717) is 5.69 Å². The third kappa shape index (κ3) is 4.05. The smallest absolute Gasteiger partial charge is 0.263 e. The Bertz CT molecular complexity index is 788. The second-order valence-corrected chi connectivity index (χ2v) is 5.97. The normalized spacial score (nSPS) is 10.6. The Morgan fingerprint density at radius 2 is 1.90 bits per heavy atom.